The van der Waals surface area contributed by atoms with E-state index < -0.39 is 10.0 Å². The first-order valence-electron chi connectivity index (χ1n) is 3.88. The summed E-state index contributed by atoms with van der Waals surface area (Å²) in [5.74, 6) is 0.371. The number of nitrogens with two attached hydrogens (primary N) is 1. The van der Waals surface area contributed by atoms with E-state index in [9.17, 15) is 8.42 Å². The number of ether oxygens (including phenoxy) is 2. The lowest BCUT2D eigenvalue weighted by atomic mass is 10.3. The number of sulfonamides is 1. The van der Waals surface area contributed by atoms with Crippen molar-refractivity contribution in [3.63, 3.8) is 0 Å². The summed E-state index contributed by atoms with van der Waals surface area (Å²) < 4.78 is 32.5. The summed E-state index contributed by atoms with van der Waals surface area (Å²) in [6.45, 7) is 0.0422. The van der Waals surface area contributed by atoms with Crippen molar-refractivity contribution in [3.8, 4) is 5.75 Å². The molecule has 1 aromatic carbocycles. The van der Waals surface area contributed by atoms with Crippen molar-refractivity contribution in [2.75, 3.05) is 13.9 Å². The van der Waals surface area contributed by atoms with Crippen LogP contribution in [0.5, 0.6) is 5.75 Å². The average molecular weight is 296 g/mol. The predicted octanol–water partition coefficient (Wildman–Crippen LogP) is 1.08. The standard InChI is InChI=1S/C8H10BrNO4S/c1-13-5-14-7-2-6(9)3-8(4-7)15(10,11)12/h2-4H,5H2,1H3,(H2,10,11,12). The van der Waals surface area contributed by atoms with Gasteiger partial charge >= 0.3 is 0 Å². The van der Waals surface area contributed by atoms with Gasteiger partial charge in [0, 0.05) is 17.6 Å². The van der Waals surface area contributed by atoms with Crippen molar-refractivity contribution in [1.29, 1.82) is 0 Å². The van der Waals surface area contributed by atoms with Crippen molar-refractivity contribution in [3.05, 3.63) is 22.7 Å². The van der Waals surface area contributed by atoms with Gasteiger partial charge in [0.15, 0.2) is 6.79 Å². The van der Waals surface area contributed by atoms with Crippen LogP contribution in [-0.2, 0) is 14.8 Å². The Labute approximate surface area is 96.4 Å². The van der Waals surface area contributed by atoms with E-state index in [0.29, 0.717) is 10.2 Å². The van der Waals surface area contributed by atoms with Crippen molar-refractivity contribution in [2.45, 2.75) is 4.90 Å². The van der Waals surface area contributed by atoms with Crippen molar-refractivity contribution < 1.29 is 17.9 Å². The van der Waals surface area contributed by atoms with Crippen molar-refractivity contribution in [2.24, 2.45) is 5.14 Å². The monoisotopic (exact) mass is 295 g/mol. The first kappa shape index (κ1) is 12.4. The molecule has 0 amide bonds. The maximum absolute atomic E-state index is 11.1. The highest BCUT2D eigenvalue weighted by Crippen LogP contribution is 2.23. The summed E-state index contributed by atoms with van der Waals surface area (Å²) in [6, 6.07) is 4.35. The Kier molecular flexibility index (Phi) is 4.09. The van der Waals surface area contributed by atoms with Gasteiger partial charge in [0.1, 0.15) is 5.75 Å². The third-order valence-corrected chi connectivity index (χ3v) is 2.87. The van der Waals surface area contributed by atoms with Gasteiger partial charge in [0.05, 0.1) is 4.90 Å². The van der Waals surface area contributed by atoms with E-state index in [4.69, 9.17) is 14.6 Å². The minimum Gasteiger partial charge on any atom is -0.467 e. The second kappa shape index (κ2) is 4.93. The Morgan fingerprint density at radius 2 is 2.07 bits per heavy atom. The van der Waals surface area contributed by atoms with Gasteiger partial charge in [-0.25, -0.2) is 13.6 Å². The van der Waals surface area contributed by atoms with Crippen molar-refractivity contribution >= 4 is 26.0 Å². The van der Waals surface area contributed by atoms with Crippen LogP contribution in [0.4, 0.5) is 0 Å². The zero-order chi connectivity index (χ0) is 11.5. The molecule has 15 heavy (non-hydrogen) atoms. The van der Waals surface area contributed by atoms with Crippen LogP contribution in [0.25, 0.3) is 0 Å². The van der Waals surface area contributed by atoms with E-state index in [2.05, 4.69) is 15.9 Å². The zero-order valence-corrected chi connectivity index (χ0v) is 10.3. The van der Waals surface area contributed by atoms with E-state index in [-0.39, 0.29) is 11.7 Å². The van der Waals surface area contributed by atoms with E-state index >= 15 is 0 Å². The molecule has 2 N–H and O–H groups in total. The summed E-state index contributed by atoms with van der Waals surface area (Å²) >= 11 is 3.16. The first-order chi connectivity index (χ1) is 6.93. The van der Waals surface area contributed by atoms with Crippen molar-refractivity contribution in [1.82, 2.24) is 0 Å². The SMILES string of the molecule is COCOc1cc(Br)cc(S(N)(=O)=O)c1. The lowest BCUT2D eigenvalue weighted by Gasteiger charge is -2.06. The molecule has 0 heterocycles. The van der Waals surface area contributed by atoms with Crippen LogP contribution in [0.1, 0.15) is 0 Å². The molecule has 7 heteroatoms. The lowest BCUT2D eigenvalue weighted by Crippen LogP contribution is -2.12. The summed E-state index contributed by atoms with van der Waals surface area (Å²) in [7, 11) is -2.25. The molecule has 0 aliphatic carbocycles. The fourth-order valence-corrected chi connectivity index (χ4v) is 2.11. The number of methoxy groups -OCH3 is 1. The Hall–Kier alpha value is -0.630. The Bertz CT molecular complexity index is 446. The smallest absolute Gasteiger partial charge is 0.238 e. The number of halogens is 1. The Morgan fingerprint density at radius 1 is 1.40 bits per heavy atom. The van der Waals surface area contributed by atoms with E-state index in [1.54, 1.807) is 6.07 Å². The van der Waals surface area contributed by atoms with Gasteiger partial charge in [0.2, 0.25) is 10.0 Å². The highest BCUT2D eigenvalue weighted by molar-refractivity contribution is 9.10. The highest BCUT2D eigenvalue weighted by Gasteiger charge is 2.10. The van der Waals surface area contributed by atoms with Crippen LogP contribution in [0, 0.1) is 0 Å². The second-order valence-corrected chi connectivity index (χ2v) is 5.20. The Morgan fingerprint density at radius 3 is 2.60 bits per heavy atom. The van der Waals surface area contributed by atoms with Crippen LogP contribution in [0.3, 0.4) is 0 Å². The normalized spacial score (nSPS) is 11.4. The van der Waals surface area contributed by atoms with Gasteiger partial charge in [-0.05, 0) is 12.1 Å². The number of primary sulfonamides is 1. The zero-order valence-electron chi connectivity index (χ0n) is 7.94. The molecule has 5 nitrogen and oxygen atoms in total. The molecule has 0 aliphatic heterocycles. The highest BCUT2D eigenvalue weighted by atomic mass is 79.9. The molecular weight excluding hydrogens is 286 g/mol. The summed E-state index contributed by atoms with van der Waals surface area (Å²) in [5, 5.41) is 4.99. The molecule has 0 saturated heterocycles. The van der Waals surface area contributed by atoms with Gasteiger partial charge < -0.3 is 9.47 Å². The summed E-state index contributed by atoms with van der Waals surface area (Å²) in [6.07, 6.45) is 0. The topological polar surface area (TPSA) is 78.6 Å². The van der Waals surface area contributed by atoms with E-state index in [0.717, 1.165) is 0 Å². The van der Waals surface area contributed by atoms with Crippen LogP contribution in [0.2, 0.25) is 0 Å². The molecule has 0 atom stereocenters. The molecule has 1 aromatic rings. The number of benzene rings is 1. The maximum atomic E-state index is 11.1. The summed E-state index contributed by atoms with van der Waals surface area (Å²) in [5.41, 5.74) is 0. The molecule has 0 fully saturated rings. The molecule has 0 aliphatic rings. The largest absolute Gasteiger partial charge is 0.467 e. The quantitative estimate of drug-likeness (QED) is 0.843. The molecular formula is C8H10BrNO4S. The molecule has 0 saturated carbocycles. The van der Waals surface area contributed by atoms with Crippen LogP contribution in [0.15, 0.2) is 27.6 Å². The van der Waals surface area contributed by atoms with Crippen LogP contribution >= 0.6 is 15.9 Å². The van der Waals surface area contributed by atoms with Gasteiger partial charge in [-0.15, -0.1) is 0 Å². The molecule has 0 spiro atoms. The molecule has 0 radical (unpaired) electrons. The number of hydrogen-bond acceptors (Lipinski definition) is 4. The fraction of sp³-hybridized carbons (Fsp3) is 0.250. The molecule has 84 valence electrons. The van der Waals surface area contributed by atoms with Gasteiger partial charge in [0.25, 0.3) is 0 Å². The lowest BCUT2D eigenvalue weighted by molar-refractivity contribution is 0.0509. The predicted molar refractivity (Wildman–Crippen MR) is 58.0 cm³/mol. The number of hydrogen-bond donors (Lipinski definition) is 1. The molecule has 1 rings (SSSR count). The van der Waals surface area contributed by atoms with E-state index in [1.165, 1.54) is 19.2 Å². The third-order valence-electron chi connectivity index (χ3n) is 1.52. The minimum atomic E-state index is -3.72. The second-order valence-electron chi connectivity index (χ2n) is 2.72. The average Bonchev–Trinajstić information content (AvgIpc) is 2.12. The van der Waals surface area contributed by atoms with Crippen LogP contribution < -0.4 is 9.88 Å². The number of rotatable bonds is 4. The summed E-state index contributed by atoms with van der Waals surface area (Å²) in [4.78, 5) is -0.0111. The fourth-order valence-electron chi connectivity index (χ4n) is 0.912. The maximum Gasteiger partial charge on any atom is 0.238 e. The van der Waals surface area contributed by atoms with Gasteiger partial charge in [-0.1, -0.05) is 15.9 Å². The van der Waals surface area contributed by atoms with E-state index in [1.807, 2.05) is 0 Å². The van der Waals surface area contributed by atoms with Gasteiger partial charge in [-0.2, -0.15) is 0 Å². The molecule has 0 aromatic heterocycles. The Balaban J connectivity index is 3.06. The van der Waals surface area contributed by atoms with Gasteiger partial charge in [-0.3, -0.25) is 0 Å². The third kappa shape index (κ3) is 3.78. The van der Waals surface area contributed by atoms with Crippen LogP contribution in [-0.4, -0.2) is 22.3 Å². The molecule has 0 bridgehead atoms. The minimum absolute atomic E-state index is 0.0111. The first-order valence-corrected chi connectivity index (χ1v) is 6.22. The molecule has 0 unspecified atom stereocenters.